The first-order valence-electron chi connectivity index (χ1n) is 7.21. The Balaban J connectivity index is 2.39. The second-order valence-electron chi connectivity index (χ2n) is 6.17. The highest BCUT2D eigenvalue weighted by Crippen LogP contribution is 2.18. The lowest BCUT2D eigenvalue weighted by atomic mass is 9.87. The number of hydrogen-bond acceptors (Lipinski definition) is 4. The van der Waals surface area contributed by atoms with Gasteiger partial charge < -0.3 is 10.1 Å². The molecule has 0 atom stereocenters. The molecule has 0 saturated heterocycles. The molecule has 5 heteroatoms. The van der Waals surface area contributed by atoms with Crippen LogP contribution in [0.2, 0.25) is 0 Å². The highest BCUT2D eigenvalue weighted by molar-refractivity contribution is 6.02. The molecule has 0 heterocycles. The van der Waals surface area contributed by atoms with Crippen LogP contribution >= 0.6 is 0 Å². The zero-order chi connectivity index (χ0) is 16.8. The maximum absolute atomic E-state index is 11.8. The average Bonchev–Trinajstić information content (AvgIpc) is 2.45. The van der Waals surface area contributed by atoms with Gasteiger partial charge in [0.2, 0.25) is 5.91 Å². The van der Waals surface area contributed by atoms with Crippen molar-refractivity contribution in [1.29, 1.82) is 0 Å². The van der Waals surface area contributed by atoms with Crippen LogP contribution in [-0.2, 0) is 14.4 Å². The van der Waals surface area contributed by atoms with Gasteiger partial charge >= 0.3 is 0 Å². The third kappa shape index (κ3) is 6.08. The first-order chi connectivity index (χ1) is 10.2. The minimum absolute atomic E-state index is 0.0717. The Morgan fingerprint density at radius 1 is 1.05 bits per heavy atom. The van der Waals surface area contributed by atoms with Crippen LogP contribution in [0.3, 0.4) is 0 Å². The average molecular weight is 305 g/mol. The van der Waals surface area contributed by atoms with E-state index in [2.05, 4.69) is 5.32 Å². The molecule has 0 aliphatic heterocycles. The van der Waals surface area contributed by atoms with Gasteiger partial charge in [0.05, 0.1) is 13.5 Å². The number of amides is 1. The normalized spacial score (nSPS) is 10.9. The van der Waals surface area contributed by atoms with E-state index in [0.717, 1.165) is 0 Å². The lowest BCUT2D eigenvalue weighted by Crippen LogP contribution is -2.23. The molecular formula is C17H23NO4. The number of anilines is 1. The fourth-order valence-electron chi connectivity index (χ4n) is 1.68. The van der Waals surface area contributed by atoms with E-state index in [4.69, 9.17) is 4.74 Å². The highest BCUT2D eigenvalue weighted by Gasteiger charge is 2.23. The summed E-state index contributed by atoms with van der Waals surface area (Å²) in [5, 5.41) is 2.70. The number of benzene rings is 1. The summed E-state index contributed by atoms with van der Waals surface area (Å²) in [6.45, 7) is 5.33. The van der Waals surface area contributed by atoms with Gasteiger partial charge in [-0.05, 0) is 24.3 Å². The quantitative estimate of drug-likeness (QED) is 0.786. The topological polar surface area (TPSA) is 72.5 Å². The van der Waals surface area contributed by atoms with Gasteiger partial charge in [-0.25, -0.2) is 0 Å². The van der Waals surface area contributed by atoms with Gasteiger partial charge in [-0.3, -0.25) is 14.4 Å². The van der Waals surface area contributed by atoms with Gasteiger partial charge in [-0.15, -0.1) is 0 Å². The molecule has 1 N–H and O–H groups in total. The van der Waals surface area contributed by atoms with E-state index in [1.807, 2.05) is 0 Å². The molecule has 120 valence electrons. The maximum atomic E-state index is 11.8. The van der Waals surface area contributed by atoms with Crippen LogP contribution in [0.25, 0.3) is 0 Å². The summed E-state index contributed by atoms with van der Waals surface area (Å²) in [6.07, 6.45) is 0.0331. The summed E-state index contributed by atoms with van der Waals surface area (Å²) in [7, 11) is 1.57. The van der Waals surface area contributed by atoms with Crippen LogP contribution in [0.1, 0.15) is 40.0 Å². The molecule has 0 saturated carbocycles. The Morgan fingerprint density at radius 3 is 2.14 bits per heavy atom. The molecule has 1 rings (SSSR count). The number of methoxy groups -OCH3 is 1. The van der Waals surface area contributed by atoms with Gasteiger partial charge in [0.15, 0.2) is 0 Å². The number of nitrogens with one attached hydrogen (secondary N) is 1. The van der Waals surface area contributed by atoms with Gasteiger partial charge in [0.25, 0.3) is 0 Å². The first kappa shape index (κ1) is 17.9. The lowest BCUT2D eigenvalue weighted by Gasteiger charge is -2.15. The molecule has 0 bridgehead atoms. The third-order valence-electron chi connectivity index (χ3n) is 3.20. The maximum Gasteiger partial charge on any atom is 0.224 e. The van der Waals surface area contributed by atoms with E-state index >= 15 is 0 Å². The summed E-state index contributed by atoms with van der Waals surface area (Å²) in [5.41, 5.74) is 0.116. The van der Waals surface area contributed by atoms with Crippen molar-refractivity contribution in [3.63, 3.8) is 0 Å². The van der Waals surface area contributed by atoms with Gasteiger partial charge in [0.1, 0.15) is 17.3 Å². The van der Waals surface area contributed by atoms with Gasteiger partial charge in [-0.1, -0.05) is 20.8 Å². The summed E-state index contributed by atoms with van der Waals surface area (Å²) >= 11 is 0. The molecule has 0 unspecified atom stereocenters. The molecule has 0 fully saturated rings. The predicted octanol–water partition coefficient (Wildman–Crippen LogP) is 2.99. The number of ether oxygens (including phenoxy) is 1. The smallest absolute Gasteiger partial charge is 0.224 e. The Hall–Kier alpha value is -2.17. The fraction of sp³-hybridized carbons (Fsp3) is 0.471. The summed E-state index contributed by atoms with van der Waals surface area (Å²) in [4.78, 5) is 35.2. The molecule has 0 aliphatic rings. The van der Waals surface area contributed by atoms with Crippen LogP contribution in [-0.4, -0.2) is 24.6 Å². The van der Waals surface area contributed by atoms with E-state index in [0.29, 0.717) is 11.4 Å². The highest BCUT2D eigenvalue weighted by atomic mass is 16.5. The molecule has 1 aromatic rings. The fourth-order valence-corrected chi connectivity index (χ4v) is 1.68. The Kier molecular flexibility index (Phi) is 6.28. The minimum Gasteiger partial charge on any atom is -0.497 e. The Morgan fingerprint density at radius 2 is 1.64 bits per heavy atom. The molecule has 1 amide bonds. The second-order valence-corrected chi connectivity index (χ2v) is 6.17. The van der Waals surface area contributed by atoms with Crippen LogP contribution in [0, 0.1) is 5.41 Å². The molecule has 22 heavy (non-hydrogen) atoms. The van der Waals surface area contributed by atoms with Crippen LogP contribution in [0.4, 0.5) is 5.69 Å². The van der Waals surface area contributed by atoms with E-state index in [1.54, 1.807) is 52.1 Å². The third-order valence-corrected chi connectivity index (χ3v) is 3.20. The summed E-state index contributed by atoms with van der Waals surface area (Å²) in [6, 6.07) is 6.93. The zero-order valence-electron chi connectivity index (χ0n) is 13.6. The molecule has 0 aromatic heterocycles. The van der Waals surface area contributed by atoms with Crippen molar-refractivity contribution in [3.05, 3.63) is 24.3 Å². The largest absolute Gasteiger partial charge is 0.497 e. The Labute approximate surface area is 131 Å². The monoisotopic (exact) mass is 305 g/mol. The molecule has 1 aromatic carbocycles. The number of carbonyl (C=O) groups excluding carboxylic acids is 3. The van der Waals surface area contributed by atoms with Crippen molar-refractivity contribution in [2.75, 3.05) is 12.4 Å². The van der Waals surface area contributed by atoms with Crippen molar-refractivity contribution in [2.24, 2.45) is 5.41 Å². The SMILES string of the molecule is COc1ccc(NC(=O)CCC(=O)CC(=O)C(C)(C)C)cc1. The van der Waals surface area contributed by atoms with E-state index in [1.165, 1.54) is 0 Å². The first-order valence-corrected chi connectivity index (χ1v) is 7.21. The standard InChI is InChI=1S/C17H23NO4/c1-17(2,3)15(20)11-13(19)7-10-16(21)18-12-5-8-14(22-4)9-6-12/h5-6,8-9H,7,10-11H2,1-4H3,(H,18,21). The van der Waals surface area contributed by atoms with Crippen molar-refractivity contribution in [2.45, 2.75) is 40.0 Å². The number of Topliss-reactive ketones (excluding diaryl/α,β-unsaturated/α-hetero) is 2. The Bertz CT molecular complexity index is 541. The minimum atomic E-state index is -0.527. The second kappa shape index (κ2) is 7.73. The van der Waals surface area contributed by atoms with Gasteiger partial charge in [-0.2, -0.15) is 0 Å². The van der Waals surface area contributed by atoms with Crippen LogP contribution in [0.5, 0.6) is 5.75 Å². The molecule has 0 spiro atoms. The lowest BCUT2D eigenvalue weighted by molar-refractivity contribution is -0.132. The number of rotatable bonds is 7. The zero-order valence-corrected chi connectivity index (χ0v) is 13.6. The van der Waals surface area contributed by atoms with Crippen LogP contribution < -0.4 is 10.1 Å². The molecule has 0 radical (unpaired) electrons. The van der Waals surface area contributed by atoms with Crippen molar-refractivity contribution in [3.8, 4) is 5.75 Å². The van der Waals surface area contributed by atoms with Gasteiger partial charge in [0, 0.05) is 23.9 Å². The number of hydrogen-bond donors (Lipinski definition) is 1. The molecular weight excluding hydrogens is 282 g/mol. The van der Waals surface area contributed by atoms with Crippen molar-refractivity contribution in [1.82, 2.24) is 0 Å². The van der Waals surface area contributed by atoms with E-state index in [9.17, 15) is 14.4 Å². The number of ketones is 2. The van der Waals surface area contributed by atoms with E-state index in [-0.39, 0.29) is 36.7 Å². The van der Waals surface area contributed by atoms with Crippen molar-refractivity contribution >= 4 is 23.2 Å². The summed E-state index contributed by atoms with van der Waals surface area (Å²) < 4.78 is 5.03. The summed E-state index contributed by atoms with van der Waals surface area (Å²) in [5.74, 6) is 0.147. The van der Waals surface area contributed by atoms with Crippen molar-refractivity contribution < 1.29 is 19.1 Å². The van der Waals surface area contributed by atoms with Crippen LogP contribution in [0.15, 0.2) is 24.3 Å². The molecule has 5 nitrogen and oxygen atoms in total. The van der Waals surface area contributed by atoms with E-state index < -0.39 is 5.41 Å². The number of carbonyl (C=O) groups is 3. The predicted molar refractivity (Wildman–Crippen MR) is 84.9 cm³/mol. The molecule has 0 aliphatic carbocycles.